The molecule has 0 atom stereocenters. The van der Waals surface area contributed by atoms with Gasteiger partial charge >= 0.3 is 0 Å². The van der Waals surface area contributed by atoms with Crippen molar-refractivity contribution >= 4 is 17.8 Å². The van der Waals surface area contributed by atoms with Gasteiger partial charge in [-0.25, -0.2) is 0 Å². The second-order valence-electron chi connectivity index (χ2n) is 6.56. The van der Waals surface area contributed by atoms with Crippen LogP contribution in [0.5, 0.6) is 11.5 Å². The van der Waals surface area contributed by atoms with Crippen LogP contribution >= 0.6 is 11.6 Å². The van der Waals surface area contributed by atoms with Gasteiger partial charge < -0.3 is 14.4 Å². The van der Waals surface area contributed by atoms with E-state index >= 15 is 0 Å². The SMILES string of the molecule is CCOc1cc(/C=N\N2CCN(C)CC2)ccc1OCc1ccc(Cl)cc1. The van der Waals surface area contributed by atoms with Crippen LogP contribution in [0.1, 0.15) is 18.1 Å². The first-order valence-electron chi connectivity index (χ1n) is 9.25. The minimum absolute atomic E-state index is 0.464. The summed E-state index contributed by atoms with van der Waals surface area (Å²) in [7, 11) is 2.14. The Kier molecular flexibility index (Phi) is 6.96. The Morgan fingerprint density at radius 1 is 1.00 bits per heavy atom. The molecule has 0 radical (unpaired) electrons. The number of nitrogens with zero attached hydrogens (tertiary/aromatic N) is 3. The summed E-state index contributed by atoms with van der Waals surface area (Å²) in [5.74, 6) is 1.46. The Morgan fingerprint density at radius 3 is 2.44 bits per heavy atom. The van der Waals surface area contributed by atoms with Crippen molar-refractivity contribution < 1.29 is 9.47 Å². The largest absolute Gasteiger partial charge is 0.490 e. The summed E-state index contributed by atoms with van der Waals surface area (Å²) in [5.41, 5.74) is 2.05. The van der Waals surface area contributed by atoms with Gasteiger partial charge in [0.25, 0.3) is 0 Å². The van der Waals surface area contributed by atoms with Crippen molar-refractivity contribution in [2.45, 2.75) is 13.5 Å². The monoisotopic (exact) mass is 387 g/mol. The number of likely N-dealkylation sites (N-methyl/N-ethyl adjacent to an activating group) is 1. The summed E-state index contributed by atoms with van der Waals surface area (Å²) in [5, 5.41) is 7.42. The Morgan fingerprint density at radius 2 is 1.74 bits per heavy atom. The predicted octanol–water partition coefficient (Wildman–Crippen LogP) is 3.90. The van der Waals surface area contributed by atoms with Gasteiger partial charge in [-0.2, -0.15) is 5.10 Å². The van der Waals surface area contributed by atoms with E-state index in [1.54, 1.807) is 0 Å². The zero-order chi connectivity index (χ0) is 19.1. The van der Waals surface area contributed by atoms with Gasteiger partial charge in [-0.3, -0.25) is 5.01 Å². The van der Waals surface area contributed by atoms with E-state index in [9.17, 15) is 0 Å². The number of piperazine rings is 1. The van der Waals surface area contributed by atoms with Crippen molar-refractivity contribution in [3.63, 3.8) is 0 Å². The lowest BCUT2D eigenvalue weighted by Crippen LogP contribution is -2.41. The molecule has 0 saturated carbocycles. The molecule has 0 aliphatic carbocycles. The number of hydrazone groups is 1. The van der Waals surface area contributed by atoms with Crippen LogP contribution in [0.15, 0.2) is 47.6 Å². The summed E-state index contributed by atoms with van der Waals surface area (Å²) in [6.45, 7) is 7.00. The lowest BCUT2D eigenvalue weighted by atomic mass is 10.2. The minimum atomic E-state index is 0.464. The molecule has 3 rings (SSSR count). The first-order valence-corrected chi connectivity index (χ1v) is 9.63. The number of hydrogen-bond acceptors (Lipinski definition) is 5. The summed E-state index contributed by atoms with van der Waals surface area (Å²) in [6, 6.07) is 13.6. The molecule has 0 aromatic heterocycles. The number of benzene rings is 2. The molecule has 2 aromatic carbocycles. The molecule has 1 saturated heterocycles. The van der Waals surface area contributed by atoms with E-state index in [4.69, 9.17) is 21.1 Å². The van der Waals surface area contributed by atoms with Gasteiger partial charge in [0.1, 0.15) is 6.61 Å². The van der Waals surface area contributed by atoms with E-state index in [1.165, 1.54) is 0 Å². The fourth-order valence-electron chi connectivity index (χ4n) is 2.79. The van der Waals surface area contributed by atoms with E-state index in [0.29, 0.717) is 13.2 Å². The predicted molar refractivity (Wildman–Crippen MR) is 110 cm³/mol. The molecule has 5 nitrogen and oxygen atoms in total. The van der Waals surface area contributed by atoms with Crippen LogP contribution in [0.2, 0.25) is 5.02 Å². The zero-order valence-electron chi connectivity index (χ0n) is 15.9. The molecule has 6 heteroatoms. The van der Waals surface area contributed by atoms with Crippen molar-refractivity contribution in [1.82, 2.24) is 9.91 Å². The van der Waals surface area contributed by atoms with Gasteiger partial charge in [0.05, 0.1) is 12.8 Å². The van der Waals surface area contributed by atoms with Gasteiger partial charge in [0, 0.05) is 31.2 Å². The Bertz CT molecular complexity index is 757. The van der Waals surface area contributed by atoms with E-state index in [2.05, 4.69) is 22.1 Å². The maximum absolute atomic E-state index is 5.95. The Hall–Kier alpha value is -2.24. The van der Waals surface area contributed by atoms with Crippen LogP contribution < -0.4 is 9.47 Å². The molecule has 0 spiro atoms. The maximum atomic E-state index is 5.95. The summed E-state index contributed by atoms with van der Waals surface area (Å²) in [6.07, 6.45) is 1.89. The molecule has 0 N–H and O–H groups in total. The smallest absolute Gasteiger partial charge is 0.161 e. The molecular weight excluding hydrogens is 362 g/mol. The molecule has 1 fully saturated rings. The van der Waals surface area contributed by atoms with Gasteiger partial charge in [-0.05, 0) is 55.4 Å². The van der Waals surface area contributed by atoms with Gasteiger partial charge in [0.2, 0.25) is 0 Å². The summed E-state index contributed by atoms with van der Waals surface area (Å²) in [4.78, 5) is 2.31. The first kappa shape index (κ1) is 19.5. The highest BCUT2D eigenvalue weighted by Crippen LogP contribution is 2.29. The van der Waals surface area contributed by atoms with E-state index in [-0.39, 0.29) is 0 Å². The number of ether oxygens (including phenoxy) is 2. The maximum Gasteiger partial charge on any atom is 0.161 e. The van der Waals surface area contributed by atoms with Crippen LogP contribution in [0, 0.1) is 0 Å². The lowest BCUT2D eigenvalue weighted by Gasteiger charge is -2.30. The second-order valence-corrected chi connectivity index (χ2v) is 6.99. The van der Waals surface area contributed by atoms with E-state index < -0.39 is 0 Å². The van der Waals surface area contributed by atoms with Crippen LogP contribution in [0.25, 0.3) is 0 Å². The quantitative estimate of drug-likeness (QED) is 0.675. The van der Waals surface area contributed by atoms with E-state index in [1.807, 2.05) is 55.6 Å². The normalized spacial score (nSPS) is 15.3. The molecular formula is C21H26ClN3O2. The Labute approximate surface area is 166 Å². The number of hydrogen-bond donors (Lipinski definition) is 0. The standard InChI is InChI=1S/C21H26ClN3O2/c1-3-26-21-14-18(15-23-25-12-10-24(2)11-13-25)6-9-20(21)27-16-17-4-7-19(22)8-5-17/h4-9,14-15H,3,10-13,16H2,1-2H3/b23-15-. The average molecular weight is 388 g/mol. The molecule has 0 bridgehead atoms. The Balaban J connectivity index is 1.65. The summed E-state index contributed by atoms with van der Waals surface area (Å²) < 4.78 is 11.7. The molecule has 144 valence electrons. The number of rotatable bonds is 7. The topological polar surface area (TPSA) is 37.3 Å². The highest BCUT2D eigenvalue weighted by molar-refractivity contribution is 6.30. The molecule has 2 aromatic rings. The molecule has 0 amide bonds. The fraction of sp³-hybridized carbons (Fsp3) is 0.381. The van der Waals surface area contributed by atoms with Crippen LogP contribution in [0.3, 0.4) is 0 Å². The highest BCUT2D eigenvalue weighted by atomic mass is 35.5. The van der Waals surface area contributed by atoms with Crippen molar-refractivity contribution in [2.75, 3.05) is 39.8 Å². The van der Waals surface area contributed by atoms with Crippen molar-refractivity contribution in [1.29, 1.82) is 0 Å². The third kappa shape index (κ3) is 5.88. The lowest BCUT2D eigenvalue weighted by molar-refractivity contribution is 0.159. The van der Waals surface area contributed by atoms with Crippen molar-refractivity contribution in [3.8, 4) is 11.5 Å². The molecule has 0 unspecified atom stereocenters. The third-order valence-electron chi connectivity index (χ3n) is 4.42. The fourth-order valence-corrected chi connectivity index (χ4v) is 2.92. The highest BCUT2D eigenvalue weighted by Gasteiger charge is 2.11. The number of halogens is 1. The van der Waals surface area contributed by atoms with Gasteiger partial charge in [-0.15, -0.1) is 0 Å². The van der Waals surface area contributed by atoms with Gasteiger partial charge in [0.15, 0.2) is 11.5 Å². The van der Waals surface area contributed by atoms with Gasteiger partial charge in [-0.1, -0.05) is 23.7 Å². The molecule has 1 aliphatic rings. The average Bonchev–Trinajstić information content (AvgIpc) is 2.68. The molecule has 1 aliphatic heterocycles. The van der Waals surface area contributed by atoms with E-state index in [0.717, 1.165) is 53.8 Å². The second kappa shape index (κ2) is 9.62. The molecule has 27 heavy (non-hydrogen) atoms. The van der Waals surface area contributed by atoms with Crippen LogP contribution in [-0.4, -0.2) is 56.0 Å². The zero-order valence-corrected chi connectivity index (χ0v) is 16.7. The van der Waals surface area contributed by atoms with Crippen molar-refractivity contribution in [3.05, 3.63) is 58.6 Å². The summed E-state index contributed by atoms with van der Waals surface area (Å²) >= 11 is 5.93. The van der Waals surface area contributed by atoms with Crippen LogP contribution in [0.4, 0.5) is 0 Å². The third-order valence-corrected chi connectivity index (χ3v) is 4.68. The minimum Gasteiger partial charge on any atom is -0.490 e. The van der Waals surface area contributed by atoms with Crippen LogP contribution in [-0.2, 0) is 6.61 Å². The molecule has 1 heterocycles. The van der Waals surface area contributed by atoms with Crippen molar-refractivity contribution in [2.24, 2.45) is 5.10 Å². The first-order chi connectivity index (χ1) is 13.1.